The van der Waals surface area contributed by atoms with E-state index in [1.54, 1.807) is 0 Å². The second kappa shape index (κ2) is 4.82. The van der Waals surface area contributed by atoms with Gasteiger partial charge in [-0.25, -0.2) is 0 Å². The van der Waals surface area contributed by atoms with E-state index in [1.807, 2.05) is 12.1 Å². The summed E-state index contributed by atoms with van der Waals surface area (Å²) >= 11 is 5.82. The van der Waals surface area contributed by atoms with Gasteiger partial charge in [-0.2, -0.15) is 5.26 Å². The molecule has 0 amide bonds. The van der Waals surface area contributed by atoms with Crippen LogP contribution in [-0.2, 0) is 5.88 Å². The second-order valence-corrected chi connectivity index (χ2v) is 5.72. The van der Waals surface area contributed by atoms with Gasteiger partial charge in [-0.05, 0) is 42.4 Å². The minimum absolute atomic E-state index is 0.472. The van der Waals surface area contributed by atoms with Crippen molar-refractivity contribution in [3.63, 3.8) is 0 Å². The molecule has 0 aromatic heterocycles. The Morgan fingerprint density at radius 2 is 2.00 bits per heavy atom. The maximum absolute atomic E-state index is 9.28. The van der Waals surface area contributed by atoms with Crippen LogP contribution >= 0.6 is 11.6 Å². The van der Waals surface area contributed by atoms with Gasteiger partial charge in [0.2, 0.25) is 0 Å². The van der Waals surface area contributed by atoms with Crippen molar-refractivity contribution in [1.82, 2.24) is 0 Å². The Hall–Kier alpha value is -1.20. The second-order valence-electron chi connectivity index (χ2n) is 5.45. The van der Waals surface area contributed by atoms with Crippen molar-refractivity contribution in [2.24, 2.45) is 11.8 Å². The van der Waals surface area contributed by atoms with Crippen LogP contribution in [0.25, 0.3) is 0 Å². The van der Waals surface area contributed by atoms with E-state index in [4.69, 9.17) is 11.6 Å². The Bertz CT molecular complexity index is 480. The summed E-state index contributed by atoms with van der Waals surface area (Å²) in [6.45, 7) is 2.25. The van der Waals surface area contributed by atoms with Gasteiger partial charge in [0.05, 0.1) is 11.3 Å². The lowest BCUT2D eigenvalue weighted by atomic mass is 10.0. The molecular formula is C15H17ClN2. The van der Waals surface area contributed by atoms with E-state index in [0.29, 0.717) is 5.88 Å². The number of halogens is 1. The number of hydrogen-bond donors (Lipinski definition) is 0. The van der Waals surface area contributed by atoms with E-state index < -0.39 is 0 Å². The number of nitrogens with zero attached hydrogens (tertiary/aromatic N) is 2. The van der Waals surface area contributed by atoms with Crippen LogP contribution in [0.2, 0.25) is 0 Å². The first-order valence-electron chi connectivity index (χ1n) is 6.65. The Labute approximate surface area is 113 Å². The maximum atomic E-state index is 9.28. The lowest BCUT2D eigenvalue weighted by Gasteiger charge is -2.21. The zero-order chi connectivity index (χ0) is 12.5. The van der Waals surface area contributed by atoms with Gasteiger partial charge >= 0.3 is 0 Å². The highest BCUT2D eigenvalue weighted by atomic mass is 35.5. The molecule has 18 heavy (non-hydrogen) atoms. The molecule has 2 atom stereocenters. The van der Waals surface area contributed by atoms with Gasteiger partial charge in [0.15, 0.2) is 0 Å². The minimum atomic E-state index is 0.472. The molecule has 94 valence electrons. The van der Waals surface area contributed by atoms with Crippen molar-refractivity contribution in [2.45, 2.75) is 25.1 Å². The van der Waals surface area contributed by atoms with Crippen LogP contribution in [0, 0.1) is 23.2 Å². The van der Waals surface area contributed by atoms with Crippen molar-refractivity contribution in [3.05, 3.63) is 29.3 Å². The van der Waals surface area contributed by atoms with E-state index in [0.717, 1.165) is 41.7 Å². The topological polar surface area (TPSA) is 27.0 Å². The average Bonchev–Trinajstić information content (AvgIpc) is 2.98. The van der Waals surface area contributed by atoms with Crippen molar-refractivity contribution >= 4 is 17.3 Å². The highest BCUT2D eigenvalue weighted by Crippen LogP contribution is 2.40. The standard InChI is InChI=1S/C15H17ClN2/c16-7-11-4-5-15(14(6-11)8-17)18-9-12-2-1-3-13(12)10-18/h4-6,12-13H,1-3,7,9-10H2. The molecule has 1 aliphatic heterocycles. The minimum Gasteiger partial charge on any atom is -0.370 e. The summed E-state index contributed by atoms with van der Waals surface area (Å²) in [5.41, 5.74) is 2.89. The molecule has 0 spiro atoms. The van der Waals surface area contributed by atoms with Crippen molar-refractivity contribution in [3.8, 4) is 6.07 Å². The number of anilines is 1. The maximum Gasteiger partial charge on any atom is 0.101 e. The molecule has 1 saturated carbocycles. The zero-order valence-electron chi connectivity index (χ0n) is 10.4. The van der Waals surface area contributed by atoms with Gasteiger partial charge in [-0.3, -0.25) is 0 Å². The van der Waals surface area contributed by atoms with Gasteiger partial charge in [-0.1, -0.05) is 12.5 Å². The molecule has 0 radical (unpaired) electrons. The van der Waals surface area contributed by atoms with E-state index in [-0.39, 0.29) is 0 Å². The van der Waals surface area contributed by atoms with Crippen LogP contribution in [0.15, 0.2) is 18.2 Å². The summed E-state index contributed by atoms with van der Waals surface area (Å²) < 4.78 is 0. The van der Waals surface area contributed by atoms with Gasteiger partial charge in [0.1, 0.15) is 6.07 Å². The third-order valence-corrected chi connectivity index (χ3v) is 4.71. The predicted molar refractivity (Wildman–Crippen MR) is 73.8 cm³/mol. The smallest absolute Gasteiger partial charge is 0.101 e. The third kappa shape index (κ3) is 1.97. The summed E-state index contributed by atoms with van der Waals surface area (Å²) in [6.07, 6.45) is 4.12. The molecule has 1 heterocycles. The van der Waals surface area contributed by atoms with Crippen molar-refractivity contribution in [2.75, 3.05) is 18.0 Å². The monoisotopic (exact) mass is 260 g/mol. The van der Waals surface area contributed by atoms with Crippen molar-refractivity contribution < 1.29 is 0 Å². The molecule has 2 nitrogen and oxygen atoms in total. The Morgan fingerprint density at radius 1 is 1.28 bits per heavy atom. The molecule has 1 aliphatic carbocycles. The summed E-state index contributed by atoms with van der Waals surface area (Å²) in [4.78, 5) is 2.39. The van der Waals surface area contributed by atoms with Crippen LogP contribution < -0.4 is 4.90 Å². The molecule has 1 saturated heterocycles. The van der Waals surface area contributed by atoms with Crippen molar-refractivity contribution in [1.29, 1.82) is 5.26 Å². The fourth-order valence-corrected chi connectivity index (χ4v) is 3.63. The van der Waals surface area contributed by atoms with Crippen LogP contribution in [0.4, 0.5) is 5.69 Å². The molecule has 1 aromatic rings. The first kappa shape index (κ1) is 11.9. The number of nitriles is 1. The first-order chi connectivity index (χ1) is 8.81. The predicted octanol–water partition coefficient (Wildman–Crippen LogP) is 3.53. The number of alkyl halides is 1. The van der Waals surface area contributed by atoms with Crippen LogP contribution in [0.1, 0.15) is 30.4 Å². The van der Waals surface area contributed by atoms with E-state index >= 15 is 0 Å². The largest absolute Gasteiger partial charge is 0.370 e. The summed E-state index contributed by atoms with van der Waals surface area (Å²) in [5.74, 6) is 2.17. The SMILES string of the molecule is N#Cc1cc(CCl)ccc1N1CC2CCCC2C1. The fourth-order valence-electron chi connectivity index (χ4n) is 3.46. The van der Waals surface area contributed by atoms with E-state index in [2.05, 4.69) is 17.0 Å². The summed E-state index contributed by atoms with van der Waals surface area (Å²) in [5, 5.41) is 9.28. The molecule has 0 N–H and O–H groups in total. The van der Waals surface area contributed by atoms with Gasteiger partial charge in [0.25, 0.3) is 0 Å². The Morgan fingerprint density at radius 3 is 2.61 bits per heavy atom. The molecule has 3 rings (SSSR count). The molecule has 1 aromatic carbocycles. The first-order valence-corrected chi connectivity index (χ1v) is 7.19. The highest BCUT2D eigenvalue weighted by molar-refractivity contribution is 6.17. The molecule has 0 bridgehead atoms. The third-order valence-electron chi connectivity index (χ3n) is 4.40. The fraction of sp³-hybridized carbons (Fsp3) is 0.533. The van der Waals surface area contributed by atoms with Gasteiger partial charge in [0, 0.05) is 19.0 Å². The van der Waals surface area contributed by atoms with Gasteiger partial charge < -0.3 is 4.90 Å². The lowest BCUT2D eigenvalue weighted by Crippen LogP contribution is -2.21. The molecule has 2 aliphatic rings. The molecule has 2 fully saturated rings. The summed E-state index contributed by atoms with van der Waals surface area (Å²) in [7, 11) is 0. The van der Waals surface area contributed by atoms with E-state index in [9.17, 15) is 5.26 Å². The van der Waals surface area contributed by atoms with E-state index in [1.165, 1.54) is 19.3 Å². The van der Waals surface area contributed by atoms with Crippen LogP contribution in [0.3, 0.4) is 0 Å². The normalized spacial score (nSPS) is 26.1. The van der Waals surface area contributed by atoms with Crippen LogP contribution in [0.5, 0.6) is 0 Å². The molecule has 3 heteroatoms. The summed E-state index contributed by atoms with van der Waals surface area (Å²) in [6, 6.07) is 8.35. The number of benzene rings is 1. The Kier molecular flexibility index (Phi) is 3.18. The van der Waals surface area contributed by atoms with Gasteiger partial charge in [-0.15, -0.1) is 11.6 Å². The average molecular weight is 261 g/mol. The number of fused-ring (bicyclic) bond motifs is 1. The number of rotatable bonds is 2. The number of hydrogen-bond acceptors (Lipinski definition) is 2. The lowest BCUT2D eigenvalue weighted by molar-refractivity contribution is 0.494. The Balaban J connectivity index is 1.87. The van der Waals surface area contributed by atoms with Crippen LogP contribution in [-0.4, -0.2) is 13.1 Å². The molecular weight excluding hydrogens is 244 g/mol. The zero-order valence-corrected chi connectivity index (χ0v) is 11.2. The quantitative estimate of drug-likeness (QED) is 0.761. The highest BCUT2D eigenvalue weighted by Gasteiger charge is 2.36. The molecule has 2 unspecified atom stereocenters.